The van der Waals surface area contributed by atoms with Gasteiger partial charge in [-0.3, -0.25) is 9.59 Å². The van der Waals surface area contributed by atoms with Crippen molar-refractivity contribution in [1.82, 2.24) is 0 Å². The van der Waals surface area contributed by atoms with Crippen LogP contribution in [0, 0.1) is 0 Å². The molecule has 0 saturated carbocycles. The summed E-state index contributed by atoms with van der Waals surface area (Å²) in [4.78, 5) is 21.7. The van der Waals surface area contributed by atoms with Gasteiger partial charge >= 0.3 is 5.97 Å². The lowest BCUT2D eigenvalue weighted by atomic mass is 10.1. The highest BCUT2D eigenvalue weighted by Crippen LogP contribution is 2.22. The SMILES string of the molecule is O=C(O)CC(=O)c1cc(Cl)ccc1Br. The summed E-state index contributed by atoms with van der Waals surface area (Å²) in [6.07, 6.45) is -0.529. The highest BCUT2D eigenvalue weighted by Gasteiger charge is 2.13. The second-order valence-corrected chi connectivity index (χ2v) is 3.91. The number of carbonyl (C=O) groups excluding carboxylic acids is 1. The average Bonchev–Trinajstić information content (AvgIpc) is 2.08. The van der Waals surface area contributed by atoms with E-state index in [4.69, 9.17) is 16.7 Å². The minimum Gasteiger partial charge on any atom is -0.481 e. The predicted molar refractivity (Wildman–Crippen MR) is 55.7 cm³/mol. The summed E-state index contributed by atoms with van der Waals surface area (Å²) in [5.74, 6) is -1.62. The lowest BCUT2D eigenvalue weighted by Gasteiger charge is -2.01. The highest BCUT2D eigenvalue weighted by atomic mass is 79.9. The van der Waals surface area contributed by atoms with E-state index >= 15 is 0 Å². The van der Waals surface area contributed by atoms with E-state index in [9.17, 15) is 9.59 Å². The molecule has 0 atom stereocenters. The van der Waals surface area contributed by atoms with Crippen LogP contribution in [0.25, 0.3) is 0 Å². The zero-order chi connectivity index (χ0) is 10.7. The maximum Gasteiger partial charge on any atom is 0.311 e. The first kappa shape index (κ1) is 11.2. The highest BCUT2D eigenvalue weighted by molar-refractivity contribution is 9.10. The molecule has 3 nitrogen and oxygen atoms in total. The van der Waals surface area contributed by atoms with Crippen molar-refractivity contribution in [3.8, 4) is 0 Å². The fourth-order valence-electron chi connectivity index (χ4n) is 0.944. The number of carboxylic acid groups (broad SMARTS) is 1. The lowest BCUT2D eigenvalue weighted by molar-refractivity contribution is -0.135. The van der Waals surface area contributed by atoms with Crippen LogP contribution in [0.3, 0.4) is 0 Å². The molecule has 1 rings (SSSR count). The molecule has 0 aliphatic carbocycles. The van der Waals surface area contributed by atoms with E-state index in [0.717, 1.165) is 0 Å². The molecule has 0 aliphatic rings. The van der Waals surface area contributed by atoms with Gasteiger partial charge in [-0.05, 0) is 18.2 Å². The molecular weight excluding hydrogens is 271 g/mol. The molecule has 0 heterocycles. The number of rotatable bonds is 3. The van der Waals surface area contributed by atoms with Crippen LogP contribution in [0.2, 0.25) is 5.02 Å². The molecule has 0 bridgehead atoms. The van der Waals surface area contributed by atoms with Crippen molar-refractivity contribution in [3.63, 3.8) is 0 Å². The molecule has 0 aliphatic heterocycles. The Morgan fingerprint density at radius 3 is 2.64 bits per heavy atom. The summed E-state index contributed by atoms with van der Waals surface area (Å²) in [7, 11) is 0. The van der Waals surface area contributed by atoms with Crippen LogP contribution < -0.4 is 0 Å². The zero-order valence-electron chi connectivity index (χ0n) is 6.96. The molecule has 0 unspecified atom stereocenters. The van der Waals surface area contributed by atoms with E-state index in [1.54, 1.807) is 12.1 Å². The molecule has 0 radical (unpaired) electrons. The first-order valence-electron chi connectivity index (χ1n) is 3.70. The summed E-state index contributed by atoms with van der Waals surface area (Å²) in [5.41, 5.74) is 0.292. The molecule has 14 heavy (non-hydrogen) atoms. The fourth-order valence-corrected chi connectivity index (χ4v) is 1.58. The number of ketones is 1. The molecule has 0 amide bonds. The Morgan fingerprint density at radius 2 is 2.07 bits per heavy atom. The Bertz CT molecular complexity index is 390. The molecule has 0 spiro atoms. The summed E-state index contributed by atoms with van der Waals surface area (Å²) < 4.78 is 0.549. The number of benzene rings is 1. The molecular formula is C9H6BrClO3. The number of hydrogen-bond acceptors (Lipinski definition) is 2. The standard InChI is InChI=1S/C9H6BrClO3/c10-7-2-1-5(11)3-6(7)8(12)4-9(13)14/h1-3H,4H2,(H,13,14). The maximum atomic E-state index is 11.4. The van der Waals surface area contributed by atoms with Crippen molar-refractivity contribution >= 4 is 39.3 Å². The predicted octanol–water partition coefficient (Wildman–Crippen LogP) is 2.76. The van der Waals surface area contributed by atoms with E-state index in [1.807, 2.05) is 0 Å². The molecule has 0 saturated heterocycles. The zero-order valence-corrected chi connectivity index (χ0v) is 9.30. The van der Waals surface area contributed by atoms with Gasteiger partial charge in [0.1, 0.15) is 6.42 Å². The van der Waals surface area contributed by atoms with E-state index in [-0.39, 0.29) is 0 Å². The van der Waals surface area contributed by atoms with Gasteiger partial charge in [-0.25, -0.2) is 0 Å². The van der Waals surface area contributed by atoms with Gasteiger partial charge in [0.05, 0.1) is 0 Å². The molecule has 0 fully saturated rings. The Kier molecular flexibility index (Phi) is 3.66. The third-order valence-corrected chi connectivity index (χ3v) is 2.47. The van der Waals surface area contributed by atoms with Crippen molar-refractivity contribution in [3.05, 3.63) is 33.3 Å². The molecule has 1 aromatic carbocycles. The topological polar surface area (TPSA) is 54.4 Å². The largest absolute Gasteiger partial charge is 0.481 e. The first-order valence-corrected chi connectivity index (χ1v) is 4.88. The lowest BCUT2D eigenvalue weighted by Crippen LogP contribution is -2.07. The number of carboxylic acids is 1. The van der Waals surface area contributed by atoms with E-state index in [0.29, 0.717) is 15.1 Å². The normalized spacial score (nSPS) is 9.86. The summed E-state index contributed by atoms with van der Waals surface area (Å²) in [6, 6.07) is 4.66. The van der Waals surface area contributed by atoms with Gasteiger partial charge < -0.3 is 5.11 Å². The molecule has 0 aromatic heterocycles. The third-order valence-electron chi connectivity index (χ3n) is 1.54. The van der Waals surface area contributed by atoms with Crippen LogP contribution in [-0.2, 0) is 4.79 Å². The Labute approximate surface area is 93.8 Å². The number of aliphatic carboxylic acids is 1. The monoisotopic (exact) mass is 276 g/mol. The van der Waals surface area contributed by atoms with Gasteiger partial charge in [0, 0.05) is 15.1 Å². The fraction of sp³-hybridized carbons (Fsp3) is 0.111. The molecule has 74 valence electrons. The van der Waals surface area contributed by atoms with Gasteiger partial charge in [0.2, 0.25) is 0 Å². The summed E-state index contributed by atoms with van der Waals surface area (Å²) >= 11 is 8.83. The van der Waals surface area contributed by atoms with Gasteiger partial charge in [-0.15, -0.1) is 0 Å². The van der Waals surface area contributed by atoms with Gasteiger partial charge in [0.25, 0.3) is 0 Å². The summed E-state index contributed by atoms with van der Waals surface area (Å²) in [6.45, 7) is 0. The summed E-state index contributed by atoms with van der Waals surface area (Å²) in [5, 5.41) is 8.84. The number of halogens is 2. The van der Waals surface area contributed by atoms with Crippen LogP contribution >= 0.6 is 27.5 Å². The molecule has 1 aromatic rings. The van der Waals surface area contributed by atoms with Gasteiger partial charge in [0.15, 0.2) is 5.78 Å². The Hall–Kier alpha value is -0.870. The molecule has 1 N–H and O–H groups in total. The van der Waals surface area contributed by atoms with Crippen LogP contribution in [0.15, 0.2) is 22.7 Å². The van der Waals surface area contributed by atoms with E-state index in [2.05, 4.69) is 15.9 Å². The van der Waals surface area contributed by atoms with E-state index < -0.39 is 18.2 Å². The second-order valence-electron chi connectivity index (χ2n) is 2.62. The van der Waals surface area contributed by atoms with Crippen LogP contribution in [0.4, 0.5) is 0 Å². The van der Waals surface area contributed by atoms with Crippen molar-refractivity contribution in [2.24, 2.45) is 0 Å². The minimum atomic E-state index is -1.15. The van der Waals surface area contributed by atoms with Crippen LogP contribution in [-0.4, -0.2) is 16.9 Å². The van der Waals surface area contributed by atoms with Gasteiger partial charge in [-0.2, -0.15) is 0 Å². The average molecular weight is 278 g/mol. The van der Waals surface area contributed by atoms with Crippen LogP contribution in [0.1, 0.15) is 16.8 Å². The quantitative estimate of drug-likeness (QED) is 0.683. The Balaban J connectivity index is 3.00. The second kappa shape index (κ2) is 4.57. The minimum absolute atomic E-state index is 0.292. The Morgan fingerprint density at radius 1 is 1.43 bits per heavy atom. The number of hydrogen-bond donors (Lipinski definition) is 1. The van der Waals surface area contributed by atoms with Crippen molar-refractivity contribution in [1.29, 1.82) is 0 Å². The number of carbonyl (C=O) groups is 2. The van der Waals surface area contributed by atoms with Crippen molar-refractivity contribution < 1.29 is 14.7 Å². The smallest absolute Gasteiger partial charge is 0.311 e. The van der Waals surface area contributed by atoms with Gasteiger partial charge in [-0.1, -0.05) is 27.5 Å². The maximum absolute atomic E-state index is 11.4. The number of Topliss-reactive ketones (excluding diaryl/α,β-unsaturated/α-hetero) is 1. The first-order chi connectivity index (χ1) is 6.50. The molecule has 5 heteroatoms. The third kappa shape index (κ3) is 2.82. The van der Waals surface area contributed by atoms with Crippen molar-refractivity contribution in [2.75, 3.05) is 0 Å². The van der Waals surface area contributed by atoms with Crippen molar-refractivity contribution in [2.45, 2.75) is 6.42 Å². The van der Waals surface area contributed by atoms with Crippen LogP contribution in [0.5, 0.6) is 0 Å². The van der Waals surface area contributed by atoms with E-state index in [1.165, 1.54) is 6.07 Å².